The summed E-state index contributed by atoms with van der Waals surface area (Å²) in [5, 5.41) is 5.43. The van der Waals surface area contributed by atoms with Crippen molar-refractivity contribution >= 4 is 68.7 Å². The molecule has 0 aromatic heterocycles. The smallest absolute Gasteiger partial charge is 0.335 e. The molecule has 0 radical (unpaired) electrons. The van der Waals surface area contributed by atoms with Gasteiger partial charge in [-0.2, -0.15) is 0 Å². The largest absolute Gasteiger partial charge is 0.497 e. The van der Waals surface area contributed by atoms with Crippen molar-refractivity contribution in [2.45, 2.75) is 0 Å². The molecule has 1 fully saturated rings. The van der Waals surface area contributed by atoms with Crippen LogP contribution >= 0.6 is 27.5 Å². The molecule has 1 aliphatic heterocycles. The summed E-state index contributed by atoms with van der Waals surface area (Å²) < 4.78 is 11.2. The van der Waals surface area contributed by atoms with E-state index >= 15 is 0 Å². The number of imide groups is 2. The van der Waals surface area contributed by atoms with Gasteiger partial charge in [-0.3, -0.25) is 19.7 Å². The zero-order valence-corrected chi connectivity index (χ0v) is 21.6. The molecule has 0 saturated carbocycles. The normalized spacial score (nSPS) is 14.4. The monoisotopic (exact) mass is 583 g/mol. The Morgan fingerprint density at radius 3 is 2.41 bits per heavy atom. The average Bonchev–Trinajstić information content (AvgIpc) is 2.87. The van der Waals surface area contributed by atoms with Crippen LogP contribution in [0.2, 0.25) is 5.02 Å². The third-order valence-electron chi connectivity index (χ3n) is 5.19. The number of hydrogen-bond donors (Lipinski definition) is 2. The van der Waals surface area contributed by atoms with E-state index in [0.717, 1.165) is 4.90 Å². The Kier molecular flexibility index (Phi) is 7.90. The van der Waals surface area contributed by atoms with Gasteiger partial charge in [0, 0.05) is 10.7 Å². The molecule has 37 heavy (non-hydrogen) atoms. The SMILES string of the molecule is COc1ccc(N2C(=O)NC(=O)/C(=C\c3ccc(OCC(=O)Nc4ccc(Cl)cc4)c(Br)c3)C2=O)cc1. The van der Waals surface area contributed by atoms with E-state index in [1.165, 1.54) is 25.3 Å². The zero-order valence-electron chi connectivity index (χ0n) is 19.3. The second-order valence-corrected chi connectivity index (χ2v) is 8.98. The van der Waals surface area contributed by atoms with E-state index in [9.17, 15) is 19.2 Å². The number of rotatable bonds is 7. The summed E-state index contributed by atoms with van der Waals surface area (Å²) in [7, 11) is 1.50. The maximum absolute atomic E-state index is 13.1. The third kappa shape index (κ3) is 6.16. The first-order valence-corrected chi connectivity index (χ1v) is 12.0. The van der Waals surface area contributed by atoms with Crippen LogP contribution in [0.25, 0.3) is 6.08 Å². The minimum Gasteiger partial charge on any atom is -0.497 e. The highest BCUT2D eigenvalue weighted by atomic mass is 79.9. The van der Waals surface area contributed by atoms with Crippen LogP contribution in [0, 0.1) is 0 Å². The van der Waals surface area contributed by atoms with E-state index in [1.807, 2.05) is 0 Å². The molecule has 188 valence electrons. The molecule has 3 aromatic carbocycles. The standard InChI is InChI=1S/C26H19BrClN3O6/c1-36-19-9-7-18(8-10-19)31-25(34)20(24(33)30-26(31)35)12-15-2-11-22(21(27)13-15)37-14-23(32)29-17-5-3-16(28)4-6-17/h2-13H,14H2,1H3,(H,29,32)(H,30,33,35)/b20-12+. The fourth-order valence-corrected chi connectivity index (χ4v) is 4.02. The highest BCUT2D eigenvalue weighted by Gasteiger charge is 2.36. The van der Waals surface area contributed by atoms with Crippen LogP contribution in [0.15, 0.2) is 76.8 Å². The van der Waals surface area contributed by atoms with E-state index < -0.39 is 17.8 Å². The van der Waals surface area contributed by atoms with Crippen molar-refractivity contribution in [1.29, 1.82) is 0 Å². The van der Waals surface area contributed by atoms with Crippen molar-refractivity contribution in [3.05, 3.63) is 87.4 Å². The molecule has 1 aliphatic rings. The molecule has 0 bridgehead atoms. The minimum absolute atomic E-state index is 0.224. The van der Waals surface area contributed by atoms with Gasteiger partial charge in [0.1, 0.15) is 17.1 Å². The van der Waals surface area contributed by atoms with Crippen molar-refractivity contribution in [3.63, 3.8) is 0 Å². The van der Waals surface area contributed by atoms with Crippen molar-refractivity contribution < 1.29 is 28.7 Å². The Morgan fingerprint density at radius 1 is 1.05 bits per heavy atom. The van der Waals surface area contributed by atoms with Gasteiger partial charge in [0.2, 0.25) is 0 Å². The van der Waals surface area contributed by atoms with Crippen molar-refractivity contribution in [2.75, 3.05) is 23.9 Å². The number of nitrogens with one attached hydrogen (secondary N) is 2. The predicted octanol–water partition coefficient (Wildman–Crippen LogP) is 4.80. The Bertz CT molecular complexity index is 1410. The van der Waals surface area contributed by atoms with Gasteiger partial charge in [0.15, 0.2) is 6.61 Å². The van der Waals surface area contributed by atoms with Crippen LogP contribution in [-0.4, -0.2) is 37.5 Å². The van der Waals surface area contributed by atoms with Crippen molar-refractivity contribution in [3.8, 4) is 11.5 Å². The van der Waals surface area contributed by atoms with Gasteiger partial charge in [-0.15, -0.1) is 0 Å². The third-order valence-corrected chi connectivity index (χ3v) is 6.06. The van der Waals surface area contributed by atoms with E-state index in [0.29, 0.717) is 32.2 Å². The number of carbonyl (C=O) groups is 4. The lowest BCUT2D eigenvalue weighted by atomic mass is 10.1. The number of amides is 5. The highest BCUT2D eigenvalue weighted by Crippen LogP contribution is 2.29. The minimum atomic E-state index is -0.848. The number of carbonyl (C=O) groups excluding carboxylic acids is 4. The number of benzene rings is 3. The number of methoxy groups -OCH3 is 1. The summed E-state index contributed by atoms with van der Waals surface area (Å²) in [6.07, 6.45) is 1.36. The quantitative estimate of drug-likeness (QED) is 0.305. The Balaban J connectivity index is 1.47. The first-order valence-electron chi connectivity index (χ1n) is 10.8. The molecule has 9 nitrogen and oxygen atoms in total. The molecule has 5 amide bonds. The van der Waals surface area contributed by atoms with E-state index in [1.54, 1.807) is 54.6 Å². The molecule has 11 heteroatoms. The average molecular weight is 585 g/mol. The molecule has 0 aliphatic carbocycles. The number of hydrogen-bond acceptors (Lipinski definition) is 6. The fraction of sp³-hybridized carbons (Fsp3) is 0.0769. The van der Waals surface area contributed by atoms with Crippen LogP contribution in [0.5, 0.6) is 11.5 Å². The van der Waals surface area contributed by atoms with Gasteiger partial charge in [-0.1, -0.05) is 17.7 Å². The van der Waals surface area contributed by atoms with Crippen LogP contribution in [0.3, 0.4) is 0 Å². The number of nitrogens with zero attached hydrogens (tertiary/aromatic N) is 1. The number of halogens is 2. The Morgan fingerprint density at radius 2 is 1.76 bits per heavy atom. The molecule has 0 spiro atoms. The molecule has 0 unspecified atom stereocenters. The first-order chi connectivity index (χ1) is 17.7. The van der Waals surface area contributed by atoms with E-state index in [2.05, 4.69) is 26.6 Å². The van der Waals surface area contributed by atoms with E-state index in [4.69, 9.17) is 21.1 Å². The summed E-state index contributed by atoms with van der Waals surface area (Å²) >= 11 is 9.22. The van der Waals surface area contributed by atoms with Gasteiger partial charge in [-0.05, 0) is 88.2 Å². The van der Waals surface area contributed by atoms with Gasteiger partial charge in [0.05, 0.1) is 17.3 Å². The zero-order chi connectivity index (χ0) is 26.5. The molecule has 3 aromatic rings. The van der Waals surface area contributed by atoms with Gasteiger partial charge in [-0.25, -0.2) is 9.69 Å². The second kappa shape index (κ2) is 11.3. The predicted molar refractivity (Wildman–Crippen MR) is 142 cm³/mol. The van der Waals surface area contributed by atoms with Crippen molar-refractivity contribution in [1.82, 2.24) is 5.32 Å². The highest BCUT2D eigenvalue weighted by molar-refractivity contribution is 9.10. The van der Waals surface area contributed by atoms with Crippen molar-refractivity contribution in [2.24, 2.45) is 0 Å². The summed E-state index contributed by atoms with van der Waals surface area (Å²) in [5.41, 5.74) is 1.13. The lowest BCUT2D eigenvalue weighted by Crippen LogP contribution is -2.54. The summed E-state index contributed by atoms with van der Waals surface area (Å²) in [6.45, 7) is -0.249. The second-order valence-electron chi connectivity index (χ2n) is 7.69. The lowest BCUT2D eigenvalue weighted by Gasteiger charge is -2.26. The van der Waals surface area contributed by atoms with Crippen LogP contribution in [0.1, 0.15) is 5.56 Å². The maximum Gasteiger partial charge on any atom is 0.335 e. The van der Waals surface area contributed by atoms with Crippen LogP contribution in [-0.2, 0) is 14.4 Å². The summed E-state index contributed by atoms with van der Waals surface area (Å²) in [6, 6.07) is 16.9. The molecule has 1 heterocycles. The van der Waals surface area contributed by atoms with E-state index in [-0.39, 0.29) is 23.8 Å². The van der Waals surface area contributed by atoms with Crippen LogP contribution in [0.4, 0.5) is 16.2 Å². The number of urea groups is 1. The molecule has 1 saturated heterocycles. The topological polar surface area (TPSA) is 114 Å². The maximum atomic E-state index is 13.1. The summed E-state index contributed by atoms with van der Waals surface area (Å²) in [5.74, 6) is -1.02. The summed E-state index contributed by atoms with van der Waals surface area (Å²) in [4.78, 5) is 50.9. The molecule has 2 N–H and O–H groups in total. The molecular formula is C26H19BrClN3O6. The molecule has 4 rings (SSSR count). The van der Waals surface area contributed by atoms with Crippen LogP contribution < -0.4 is 25.0 Å². The fourth-order valence-electron chi connectivity index (χ4n) is 3.39. The first kappa shape index (κ1) is 25.9. The van der Waals surface area contributed by atoms with Gasteiger partial charge in [0.25, 0.3) is 17.7 Å². The number of anilines is 2. The van der Waals surface area contributed by atoms with Gasteiger partial charge >= 0.3 is 6.03 Å². The molecule has 0 atom stereocenters. The number of ether oxygens (including phenoxy) is 2. The van der Waals surface area contributed by atoms with Gasteiger partial charge < -0.3 is 14.8 Å². The Hall–Kier alpha value is -4.15. The molecular weight excluding hydrogens is 566 g/mol. The number of barbiturate groups is 1. The lowest BCUT2D eigenvalue weighted by molar-refractivity contribution is -0.122. The Labute approximate surface area is 225 Å².